The van der Waals surface area contributed by atoms with Crippen LogP contribution in [-0.2, 0) is 17.9 Å². The first-order valence-corrected chi connectivity index (χ1v) is 12.0. The van der Waals surface area contributed by atoms with Gasteiger partial charge in [-0.05, 0) is 55.0 Å². The van der Waals surface area contributed by atoms with E-state index in [0.717, 1.165) is 41.7 Å². The smallest absolute Gasteiger partial charge is 0.252 e. The van der Waals surface area contributed by atoms with Crippen molar-refractivity contribution < 1.29 is 9.59 Å². The quantitative estimate of drug-likeness (QED) is 0.466. The lowest BCUT2D eigenvalue weighted by Gasteiger charge is -2.27. The van der Waals surface area contributed by atoms with Crippen LogP contribution in [0.15, 0.2) is 54.0 Å². The summed E-state index contributed by atoms with van der Waals surface area (Å²) in [6.07, 6.45) is 4.28. The van der Waals surface area contributed by atoms with Crippen LogP contribution < -0.4 is 10.2 Å². The summed E-state index contributed by atoms with van der Waals surface area (Å²) in [4.78, 5) is 33.0. The number of aryl methyl sites for hydroxylation is 1. The first-order chi connectivity index (χ1) is 16.1. The number of amides is 2. The zero-order valence-electron chi connectivity index (χ0n) is 18.5. The highest BCUT2D eigenvalue weighted by atomic mass is 32.1. The minimum atomic E-state index is -0.166. The molecular weight excluding hydrogens is 434 g/mol. The molecular formula is C25H25N5O2S. The highest BCUT2D eigenvalue weighted by molar-refractivity contribution is 7.09. The Labute approximate surface area is 196 Å². The molecule has 7 nitrogen and oxygen atoms in total. The largest absolute Gasteiger partial charge is 0.348 e. The minimum Gasteiger partial charge on any atom is -0.348 e. The van der Waals surface area contributed by atoms with Gasteiger partial charge in [0.25, 0.3) is 5.91 Å². The van der Waals surface area contributed by atoms with Gasteiger partial charge in [-0.3, -0.25) is 9.59 Å². The highest BCUT2D eigenvalue weighted by Crippen LogP contribution is 2.23. The molecule has 0 bridgehead atoms. The van der Waals surface area contributed by atoms with Crippen LogP contribution in [0.5, 0.6) is 0 Å². The van der Waals surface area contributed by atoms with Gasteiger partial charge in [-0.25, -0.2) is 9.67 Å². The molecule has 4 aromatic rings. The zero-order valence-corrected chi connectivity index (χ0v) is 19.3. The average molecular weight is 460 g/mol. The number of hydrogen-bond acceptors (Lipinski definition) is 5. The number of piperidine rings is 1. The molecule has 5 rings (SSSR count). The number of carbonyl (C=O) groups is 2. The molecule has 168 valence electrons. The third kappa shape index (κ3) is 4.52. The fourth-order valence-corrected chi connectivity index (χ4v) is 4.90. The predicted octanol–water partition coefficient (Wildman–Crippen LogP) is 4.30. The van der Waals surface area contributed by atoms with Crippen LogP contribution in [-0.4, -0.2) is 33.1 Å². The van der Waals surface area contributed by atoms with Crippen molar-refractivity contribution in [2.75, 3.05) is 11.4 Å². The number of hydrogen-bond donors (Lipinski definition) is 1. The molecule has 1 saturated heterocycles. The maximum absolute atomic E-state index is 13.1. The van der Waals surface area contributed by atoms with Crippen LogP contribution in [0.1, 0.15) is 45.8 Å². The topological polar surface area (TPSA) is 80.1 Å². The van der Waals surface area contributed by atoms with Gasteiger partial charge in [0.05, 0.1) is 23.7 Å². The van der Waals surface area contributed by atoms with E-state index in [1.807, 2.05) is 52.2 Å². The number of thiophene rings is 1. The second kappa shape index (κ2) is 9.15. The van der Waals surface area contributed by atoms with E-state index in [2.05, 4.69) is 21.5 Å². The lowest BCUT2D eigenvalue weighted by molar-refractivity contribution is -0.119. The summed E-state index contributed by atoms with van der Waals surface area (Å²) in [5, 5.41) is 10.3. The van der Waals surface area contributed by atoms with Crippen LogP contribution >= 0.6 is 11.3 Å². The fraction of sp³-hybridized carbons (Fsp3) is 0.280. The Morgan fingerprint density at radius 1 is 1.18 bits per heavy atom. The van der Waals surface area contributed by atoms with Crippen molar-refractivity contribution in [1.29, 1.82) is 0 Å². The van der Waals surface area contributed by atoms with Crippen LogP contribution in [0, 0.1) is 6.92 Å². The first kappa shape index (κ1) is 21.3. The molecule has 0 saturated carbocycles. The van der Waals surface area contributed by atoms with Crippen LogP contribution in [0.4, 0.5) is 5.69 Å². The van der Waals surface area contributed by atoms with Crippen molar-refractivity contribution in [2.45, 2.75) is 39.3 Å². The zero-order chi connectivity index (χ0) is 22.8. The van der Waals surface area contributed by atoms with Gasteiger partial charge >= 0.3 is 0 Å². The number of nitrogens with one attached hydrogen (secondary N) is 1. The third-order valence-electron chi connectivity index (χ3n) is 5.87. The number of pyridine rings is 1. The molecule has 0 radical (unpaired) electrons. The molecule has 4 heterocycles. The van der Waals surface area contributed by atoms with Gasteiger partial charge in [0.15, 0.2) is 5.65 Å². The summed E-state index contributed by atoms with van der Waals surface area (Å²) in [5.41, 5.74) is 3.89. The summed E-state index contributed by atoms with van der Waals surface area (Å²) >= 11 is 1.67. The van der Waals surface area contributed by atoms with Gasteiger partial charge in [0.2, 0.25) is 5.91 Å². The Morgan fingerprint density at radius 2 is 2.09 bits per heavy atom. The normalized spacial score (nSPS) is 14.1. The molecule has 0 aliphatic carbocycles. The van der Waals surface area contributed by atoms with Crippen molar-refractivity contribution in [3.05, 3.63) is 75.7 Å². The average Bonchev–Trinajstić information content (AvgIpc) is 3.48. The summed E-state index contributed by atoms with van der Waals surface area (Å²) in [7, 11) is 0. The van der Waals surface area contributed by atoms with E-state index in [9.17, 15) is 9.59 Å². The van der Waals surface area contributed by atoms with E-state index in [1.54, 1.807) is 23.6 Å². The van der Waals surface area contributed by atoms with Crippen molar-refractivity contribution in [1.82, 2.24) is 20.1 Å². The predicted molar refractivity (Wildman–Crippen MR) is 130 cm³/mol. The number of aromatic nitrogens is 3. The lowest BCUT2D eigenvalue weighted by Crippen LogP contribution is -2.35. The maximum Gasteiger partial charge on any atom is 0.252 e. The Morgan fingerprint density at radius 3 is 2.91 bits per heavy atom. The molecule has 33 heavy (non-hydrogen) atoms. The maximum atomic E-state index is 13.1. The monoisotopic (exact) mass is 459 g/mol. The Kier molecular flexibility index (Phi) is 5.92. The molecule has 1 aliphatic rings. The number of fused-ring (bicyclic) bond motifs is 1. The van der Waals surface area contributed by atoms with Gasteiger partial charge in [0, 0.05) is 35.8 Å². The molecule has 1 N–H and O–H groups in total. The number of rotatable bonds is 6. The van der Waals surface area contributed by atoms with Gasteiger partial charge in [-0.15, -0.1) is 11.3 Å². The van der Waals surface area contributed by atoms with Gasteiger partial charge < -0.3 is 10.2 Å². The molecule has 0 atom stereocenters. The van der Waals surface area contributed by atoms with Gasteiger partial charge in [0.1, 0.15) is 0 Å². The molecule has 1 aromatic carbocycles. The van der Waals surface area contributed by atoms with Crippen LogP contribution in [0.2, 0.25) is 0 Å². The van der Waals surface area contributed by atoms with E-state index < -0.39 is 0 Å². The van der Waals surface area contributed by atoms with E-state index in [-0.39, 0.29) is 11.8 Å². The Hall–Kier alpha value is -3.52. The summed E-state index contributed by atoms with van der Waals surface area (Å²) < 4.78 is 1.84. The summed E-state index contributed by atoms with van der Waals surface area (Å²) in [6, 6.07) is 13.7. The second-order valence-electron chi connectivity index (χ2n) is 8.29. The van der Waals surface area contributed by atoms with Crippen molar-refractivity contribution >= 4 is 39.9 Å². The number of carbonyl (C=O) groups excluding carboxylic acids is 2. The number of nitrogens with zero attached hydrogens (tertiary/aromatic N) is 4. The van der Waals surface area contributed by atoms with Crippen molar-refractivity contribution in [3.8, 4) is 0 Å². The Balaban J connectivity index is 1.34. The third-order valence-corrected chi connectivity index (χ3v) is 6.73. The SMILES string of the molecule is Cc1cc(C(=O)NCc2cccc(N3CCCCC3=O)c2)c2cnn(Cc3cccs3)c2n1. The molecule has 3 aromatic heterocycles. The standard InChI is InChI=1S/C25H25N5O2S/c1-17-12-21(22-15-27-30(24(22)28-17)16-20-8-5-11-33-20)25(32)26-14-18-6-4-7-19(13-18)29-10-3-2-9-23(29)31/h4-8,11-13,15H,2-3,9-10,14,16H2,1H3,(H,26,32). The van der Waals surface area contributed by atoms with Crippen LogP contribution in [0.3, 0.4) is 0 Å². The lowest BCUT2D eigenvalue weighted by atomic mass is 10.1. The van der Waals surface area contributed by atoms with E-state index in [4.69, 9.17) is 0 Å². The van der Waals surface area contributed by atoms with E-state index >= 15 is 0 Å². The number of anilines is 1. The highest BCUT2D eigenvalue weighted by Gasteiger charge is 2.20. The van der Waals surface area contributed by atoms with E-state index in [1.165, 1.54) is 4.88 Å². The van der Waals surface area contributed by atoms with Crippen LogP contribution in [0.25, 0.3) is 11.0 Å². The Bertz CT molecular complexity index is 1310. The van der Waals surface area contributed by atoms with Gasteiger partial charge in [-0.2, -0.15) is 5.10 Å². The fourth-order valence-electron chi connectivity index (χ4n) is 4.22. The molecule has 0 unspecified atom stereocenters. The molecule has 1 aliphatic heterocycles. The van der Waals surface area contributed by atoms with E-state index in [0.29, 0.717) is 30.7 Å². The second-order valence-corrected chi connectivity index (χ2v) is 9.32. The molecule has 0 spiro atoms. The summed E-state index contributed by atoms with van der Waals surface area (Å²) in [6.45, 7) is 3.64. The molecule has 8 heteroatoms. The first-order valence-electron chi connectivity index (χ1n) is 11.1. The number of benzene rings is 1. The minimum absolute atomic E-state index is 0.164. The summed E-state index contributed by atoms with van der Waals surface area (Å²) in [5.74, 6) is -0.00252. The molecule has 1 fully saturated rings. The van der Waals surface area contributed by atoms with Crippen molar-refractivity contribution in [3.63, 3.8) is 0 Å². The van der Waals surface area contributed by atoms with Gasteiger partial charge in [-0.1, -0.05) is 18.2 Å². The van der Waals surface area contributed by atoms with Crippen molar-refractivity contribution in [2.24, 2.45) is 0 Å². The molecule has 2 amide bonds.